The van der Waals surface area contributed by atoms with Gasteiger partial charge in [-0.05, 0) is 55.9 Å². The van der Waals surface area contributed by atoms with Gasteiger partial charge in [0.05, 0.1) is 17.5 Å². The Hall–Kier alpha value is -1.97. The Morgan fingerprint density at radius 3 is 2.36 bits per heavy atom. The number of amides is 2. The minimum Gasteiger partial charge on any atom is -0.299 e. The number of rotatable bonds is 1. The Morgan fingerprint density at radius 1 is 0.955 bits per heavy atom. The Kier molecular flexibility index (Phi) is 2.80. The van der Waals surface area contributed by atoms with E-state index in [4.69, 9.17) is 0 Å². The van der Waals surface area contributed by atoms with Crippen LogP contribution >= 0.6 is 0 Å². The Morgan fingerprint density at radius 2 is 1.68 bits per heavy atom. The summed E-state index contributed by atoms with van der Waals surface area (Å²) in [6.07, 6.45) is 2.15. The summed E-state index contributed by atoms with van der Waals surface area (Å²) in [5.41, 5.74) is 2.85. The molecule has 4 fully saturated rings. The number of carbonyl (C=O) groups excluding carboxylic acids is 3. The number of nitrogens with zero attached hydrogens (tertiary/aromatic N) is 1. The first-order valence-electron chi connectivity index (χ1n) is 7.97. The zero-order valence-corrected chi connectivity index (χ0v) is 12.8. The lowest BCUT2D eigenvalue weighted by atomic mass is 9.59. The molecule has 1 saturated heterocycles. The highest BCUT2D eigenvalue weighted by atomic mass is 16.2. The Bertz CT molecular complexity index is 708. The van der Waals surface area contributed by atoms with Crippen molar-refractivity contribution in [3.63, 3.8) is 0 Å². The monoisotopic (exact) mass is 297 g/mol. The predicted octanol–water partition coefficient (Wildman–Crippen LogP) is 2.41. The normalized spacial score (nSPS) is 33.5. The molecule has 1 aliphatic heterocycles. The van der Waals surface area contributed by atoms with Gasteiger partial charge in [0, 0.05) is 12.3 Å². The molecule has 4 aliphatic rings. The van der Waals surface area contributed by atoms with E-state index in [1.165, 1.54) is 4.90 Å². The van der Waals surface area contributed by atoms with E-state index in [0.717, 1.165) is 24.0 Å². The smallest absolute Gasteiger partial charge is 0.238 e. The van der Waals surface area contributed by atoms with Gasteiger partial charge in [0.1, 0.15) is 5.78 Å². The van der Waals surface area contributed by atoms with Gasteiger partial charge < -0.3 is 0 Å². The molecule has 1 aromatic rings. The van der Waals surface area contributed by atoms with E-state index in [1.54, 1.807) is 0 Å². The number of hydrogen-bond acceptors (Lipinski definition) is 3. The van der Waals surface area contributed by atoms with Gasteiger partial charge in [-0.25, -0.2) is 0 Å². The van der Waals surface area contributed by atoms with Gasteiger partial charge >= 0.3 is 0 Å². The number of carbonyl (C=O) groups is 3. The number of imide groups is 1. The summed E-state index contributed by atoms with van der Waals surface area (Å²) >= 11 is 0. The Balaban J connectivity index is 1.77. The second-order valence-corrected chi connectivity index (χ2v) is 6.95. The van der Waals surface area contributed by atoms with Crippen molar-refractivity contribution >= 4 is 23.3 Å². The average Bonchev–Trinajstić information content (AvgIpc) is 2.76. The van der Waals surface area contributed by atoms with Crippen molar-refractivity contribution in [2.45, 2.75) is 33.1 Å². The molecule has 0 spiro atoms. The highest BCUT2D eigenvalue weighted by Gasteiger charge is 2.60. The van der Waals surface area contributed by atoms with Crippen LogP contribution in [-0.2, 0) is 14.4 Å². The molecule has 0 N–H and O–H groups in total. The molecule has 2 bridgehead atoms. The lowest BCUT2D eigenvalue weighted by molar-refractivity contribution is -0.143. The zero-order valence-electron chi connectivity index (χ0n) is 12.8. The van der Waals surface area contributed by atoms with Crippen LogP contribution in [-0.4, -0.2) is 17.6 Å². The molecule has 22 heavy (non-hydrogen) atoms. The molecule has 5 rings (SSSR count). The van der Waals surface area contributed by atoms with Crippen molar-refractivity contribution in [1.29, 1.82) is 0 Å². The topological polar surface area (TPSA) is 54.5 Å². The van der Waals surface area contributed by atoms with Gasteiger partial charge in [-0.15, -0.1) is 0 Å². The second kappa shape index (κ2) is 4.51. The highest BCUT2D eigenvalue weighted by Crippen LogP contribution is 2.52. The largest absolute Gasteiger partial charge is 0.299 e. The predicted molar refractivity (Wildman–Crippen MR) is 81.2 cm³/mol. The minimum atomic E-state index is -0.408. The minimum absolute atomic E-state index is 0.0653. The summed E-state index contributed by atoms with van der Waals surface area (Å²) in [6, 6.07) is 5.67. The molecular formula is C18H19NO3. The highest BCUT2D eigenvalue weighted by molar-refractivity contribution is 6.23. The molecule has 1 heterocycles. The van der Waals surface area contributed by atoms with Crippen molar-refractivity contribution in [1.82, 2.24) is 0 Å². The SMILES string of the molecule is Cc1ccc(N2C(=O)[C@H]3[C@@H]4CC[C@@H](C(=O)C4)[C@H]3C2=O)cc1C. The molecule has 0 radical (unpaired) electrons. The fraction of sp³-hybridized carbons (Fsp3) is 0.500. The zero-order chi connectivity index (χ0) is 15.6. The van der Waals surface area contributed by atoms with Crippen LogP contribution in [0.5, 0.6) is 0 Å². The summed E-state index contributed by atoms with van der Waals surface area (Å²) in [6.45, 7) is 3.98. The van der Waals surface area contributed by atoms with Crippen LogP contribution in [0.25, 0.3) is 0 Å². The van der Waals surface area contributed by atoms with E-state index in [0.29, 0.717) is 12.1 Å². The van der Waals surface area contributed by atoms with Crippen molar-refractivity contribution in [2.24, 2.45) is 23.7 Å². The number of anilines is 1. The van der Waals surface area contributed by atoms with Crippen molar-refractivity contribution in [3.05, 3.63) is 29.3 Å². The van der Waals surface area contributed by atoms with Gasteiger partial charge in [-0.1, -0.05) is 6.07 Å². The van der Waals surface area contributed by atoms with Crippen molar-refractivity contribution in [2.75, 3.05) is 4.90 Å². The van der Waals surface area contributed by atoms with Crippen LogP contribution in [0.2, 0.25) is 0 Å². The summed E-state index contributed by atoms with van der Waals surface area (Å²) in [5, 5.41) is 0. The fourth-order valence-corrected chi connectivity index (χ4v) is 4.50. The summed E-state index contributed by atoms with van der Waals surface area (Å²) in [7, 11) is 0. The van der Waals surface area contributed by atoms with E-state index < -0.39 is 5.92 Å². The number of fused-ring (bicyclic) bond motifs is 2. The standard InChI is InChI=1S/C18H19NO3/c1-9-3-5-12(7-10(9)2)19-17(21)15-11-4-6-13(14(20)8-11)16(15)18(19)22/h3,5,7,11,13,15-16H,4,6,8H2,1-2H3/t11-,13+,15+,16-/m1/s1. The first kappa shape index (κ1) is 13.7. The lowest BCUT2D eigenvalue weighted by Gasteiger charge is -2.41. The van der Waals surface area contributed by atoms with E-state index in [-0.39, 0.29) is 35.4 Å². The quantitative estimate of drug-likeness (QED) is 0.748. The summed E-state index contributed by atoms with van der Waals surface area (Å²) in [5.74, 6) is -0.930. The van der Waals surface area contributed by atoms with E-state index in [1.807, 2.05) is 32.0 Å². The molecule has 0 unspecified atom stereocenters. The molecule has 3 aliphatic carbocycles. The fourth-order valence-electron chi connectivity index (χ4n) is 4.50. The van der Waals surface area contributed by atoms with E-state index >= 15 is 0 Å². The van der Waals surface area contributed by atoms with Crippen LogP contribution < -0.4 is 4.90 Å². The number of aryl methyl sites for hydroxylation is 2. The molecule has 4 nitrogen and oxygen atoms in total. The molecule has 114 valence electrons. The third-order valence-corrected chi connectivity index (χ3v) is 5.81. The molecule has 3 saturated carbocycles. The van der Waals surface area contributed by atoms with Gasteiger partial charge in [0.2, 0.25) is 11.8 Å². The number of hydrogen-bond donors (Lipinski definition) is 0. The number of Topliss-reactive ketones (excluding diaryl/α,β-unsaturated/α-hetero) is 1. The molecule has 4 heteroatoms. The number of benzene rings is 1. The van der Waals surface area contributed by atoms with Gasteiger partial charge in [-0.3, -0.25) is 19.3 Å². The maximum atomic E-state index is 12.8. The number of ketones is 1. The van der Waals surface area contributed by atoms with Gasteiger partial charge in [0.25, 0.3) is 0 Å². The third kappa shape index (κ3) is 1.67. The van der Waals surface area contributed by atoms with Crippen molar-refractivity contribution in [3.8, 4) is 0 Å². The van der Waals surface area contributed by atoms with E-state index in [2.05, 4.69) is 0 Å². The molecule has 4 atom stereocenters. The first-order chi connectivity index (χ1) is 10.5. The average molecular weight is 297 g/mol. The van der Waals surface area contributed by atoms with Crippen LogP contribution in [0.4, 0.5) is 5.69 Å². The van der Waals surface area contributed by atoms with Crippen LogP contribution in [0.15, 0.2) is 18.2 Å². The maximum Gasteiger partial charge on any atom is 0.238 e. The molecule has 2 amide bonds. The van der Waals surface area contributed by atoms with Crippen molar-refractivity contribution < 1.29 is 14.4 Å². The van der Waals surface area contributed by atoms with E-state index in [9.17, 15) is 14.4 Å². The van der Waals surface area contributed by atoms with Gasteiger partial charge in [0.15, 0.2) is 0 Å². The van der Waals surface area contributed by atoms with Crippen LogP contribution in [0.3, 0.4) is 0 Å². The summed E-state index contributed by atoms with van der Waals surface area (Å²) < 4.78 is 0. The second-order valence-electron chi connectivity index (χ2n) is 6.95. The Labute approximate surface area is 129 Å². The first-order valence-corrected chi connectivity index (χ1v) is 7.97. The molecule has 0 aromatic heterocycles. The molecular weight excluding hydrogens is 278 g/mol. The maximum absolute atomic E-state index is 12.8. The van der Waals surface area contributed by atoms with Gasteiger partial charge in [-0.2, -0.15) is 0 Å². The third-order valence-electron chi connectivity index (χ3n) is 5.81. The lowest BCUT2D eigenvalue weighted by Crippen LogP contribution is -2.46. The van der Waals surface area contributed by atoms with Crippen LogP contribution in [0.1, 0.15) is 30.4 Å². The molecule has 1 aromatic carbocycles. The summed E-state index contributed by atoms with van der Waals surface area (Å²) in [4.78, 5) is 39.1. The van der Waals surface area contributed by atoms with Crippen LogP contribution in [0, 0.1) is 37.5 Å².